The van der Waals surface area contributed by atoms with Crippen molar-refractivity contribution in [2.45, 2.75) is 18.4 Å². The van der Waals surface area contributed by atoms with E-state index in [1.165, 1.54) is 18.5 Å². The first kappa shape index (κ1) is 10.1. The molecule has 2 saturated heterocycles. The van der Waals surface area contributed by atoms with E-state index in [1.54, 1.807) is 0 Å². The molecule has 0 saturated carbocycles. The van der Waals surface area contributed by atoms with Gasteiger partial charge in [-0.2, -0.15) is 0 Å². The molecule has 1 radical (unpaired) electrons. The van der Waals surface area contributed by atoms with Crippen molar-refractivity contribution in [3.8, 4) is 0 Å². The summed E-state index contributed by atoms with van der Waals surface area (Å²) in [6, 6.07) is 10.7. The standard InChI is InChI=1S/C13H18N3/c1-2-4-12(5-3-1)16-11-15-10-13(16)6-8-14-9-7-13/h1-5,15H,6-11H2. The maximum absolute atomic E-state index is 4.47. The average molecular weight is 216 g/mol. The van der Waals surface area contributed by atoms with Gasteiger partial charge in [0.15, 0.2) is 0 Å². The van der Waals surface area contributed by atoms with E-state index in [0.717, 1.165) is 26.3 Å². The molecular weight excluding hydrogens is 198 g/mol. The van der Waals surface area contributed by atoms with Gasteiger partial charge in [0.2, 0.25) is 0 Å². The molecule has 3 rings (SSSR count). The Morgan fingerprint density at radius 1 is 1.12 bits per heavy atom. The van der Waals surface area contributed by atoms with Crippen molar-refractivity contribution < 1.29 is 0 Å². The van der Waals surface area contributed by atoms with Gasteiger partial charge in [-0.25, -0.2) is 5.32 Å². The van der Waals surface area contributed by atoms with Gasteiger partial charge in [-0.1, -0.05) is 18.2 Å². The maximum Gasteiger partial charge on any atom is 0.0689 e. The van der Waals surface area contributed by atoms with E-state index in [-0.39, 0.29) is 0 Å². The molecule has 1 aromatic carbocycles. The van der Waals surface area contributed by atoms with Gasteiger partial charge >= 0.3 is 0 Å². The topological polar surface area (TPSA) is 29.4 Å². The quantitative estimate of drug-likeness (QED) is 0.764. The summed E-state index contributed by atoms with van der Waals surface area (Å²) >= 11 is 0. The van der Waals surface area contributed by atoms with Crippen LogP contribution >= 0.6 is 0 Å². The second-order valence-corrected chi connectivity index (χ2v) is 4.74. The molecule has 3 nitrogen and oxygen atoms in total. The number of benzene rings is 1. The van der Waals surface area contributed by atoms with Crippen LogP contribution in [0.5, 0.6) is 0 Å². The van der Waals surface area contributed by atoms with E-state index in [1.807, 2.05) is 0 Å². The van der Waals surface area contributed by atoms with E-state index in [0.29, 0.717) is 5.54 Å². The fourth-order valence-electron chi connectivity index (χ4n) is 2.89. The van der Waals surface area contributed by atoms with Crippen LogP contribution in [0.2, 0.25) is 0 Å². The number of nitrogens with one attached hydrogen (secondary N) is 1. The first-order chi connectivity index (χ1) is 7.91. The number of rotatable bonds is 1. The lowest BCUT2D eigenvalue weighted by atomic mass is 9.87. The number of anilines is 1. The molecule has 0 atom stereocenters. The molecule has 0 aliphatic carbocycles. The van der Waals surface area contributed by atoms with Crippen LogP contribution < -0.4 is 15.5 Å². The van der Waals surface area contributed by atoms with Crippen LogP contribution in [0.25, 0.3) is 0 Å². The Morgan fingerprint density at radius 3 is 2.62 bits per heavy atom. The number of para-hydroxylation sites is 1. The molecule has 16 heavy (non-hydrogen) atoms. The monoisotopic (exact) mass is 216 g/mol. The Kier molecular flexibility index (Phi) is 2.58. The summed E-state index contributed by atoms with van der Waals surface area (Å²) in [5.41, 5.74) is 1.66. The molecule has 0 bridgehead atoms. The van der Waals surface area contributed by atoms with Crippen molar-refractivity contribution in [2.24, 2.45) is 0 Å². The van der Waals surface area contributed by atoms with Crippen LogP contribution in [0.1, 0.15) is 12.8 Å². The number of piperidine rings is 1. The van der Waals surface area contributed by atoms with Crippen LogP contribution in [-0.2, 0) is 0 Å². The third-order valence-corrected chi connectivity index (χ3v) is 3.83. The van der Waals surface area contributed by atoms with E-state index in [4.69, 9.17) is 0 Å². The first-order valence-electron chi connectivity index (χ1n) is 6.07. The average Bonchev–Trinajstić information content (AvgIpc) is 2.75. The van der Waals surface area contributed by atoms with E-state index in [9.17, 15) is 0 Å². The highest BCUT2D eigenvalue weighted by Crippen LogP contribution is 2.33. The smallest absolute Gasteiger partial charge is 0.0689 e. The molecule has 2 fully saturated rings. The summed E-state index contributed by atoms with van der Waals surface area (Å²) in [5, 5.41) is 7.99. The number of hydrogen-bond acceptors (Lipinski definition) is 2. The van der Waals surface area contributed by atoms with Gasteiger partial charge < -0.3 is 4.90 Å². The molecule has 1 spiro atoms. The van der Waals surface area contributed by atoms with Crippen LogP contribution in [0.15, 0.2) is 30.3 Å². The fraction of sp³-hybridized carbons (Fsp3) is 0.538. The molecule has 2 heterocycles. The van der Waals surface area contributed by atoms with Gasteiger partial charge in [0.05, 0.1) is 12.2 Å². The zero-order chi connectivity index (χ0) is 10.8. The summed E-state index contributed by atoms with van der Waals surface area (Å²) < 4.78 is 0. The molecule has 2 aliphatic heterocycles. The van der Waals surface area contributed by atoms with Crippen LogP contribution in [-0.4, -0.2) is 31.8 Å². The predicted octanol–water partition coefficient (Wildman–Crippen LogP) is 1.19. The Labute approximate surface area is 96.8 Å². The summed E-state index contributed by atoms with van der Waals surface area (Å²) in [4.78, 5) is 2.53. The van der Waals surface area contributed by atoms with E-state index >= 15 is 0 Å². The summed E-state index contributed by atoms with van der Waals surface area (Å²) in [5.74, 6) is 0. The highest BCUT2D eigenvalue weighted by molar-refractivity contribution is 5.50. The molecule has 85 valence electrons. The van der Waals surface area contributed by atoms with Gasteiger partial charge in [-0.15, -0.1) is 0 Å². The molecule has 0 amide bonds. The lowest BCUT2D eigenvalue weighted by Crippen LogP contribution is -2.51. The third kappa shape index (κ3) is 1.60. The van der Waals surface area contributed by atoms with Gasteiger partial charge in [0.25, 0.3) is 0 Å². The highest BCUT2D eigenvalue weighted by Gasteiger charge is 2.41. The summed E-state index contributed by atoms with van der Waals surface area (Å²) in [6.07, 6.45) is 2.38. The second kappa shape index (κ2) is 4.07. The van der Waals surface area contributed by atoms with Crippen molar-refractivity contribution in [3.05, 3.63) is 30.3 Å². The number of nitrogens with zero attached hydrogens (tertiary/aromatic N) is 2. The molecule has 3 heteroatoms. The van der Waals surface area contributed by atoms with Gasteiger partial charge in [-0.3, -0.25) is 5.32 Å². The lowest BCUT2D eigenvalue weighted by Gasteiger charge is -2.41. The number of hydrogen-bond donors (Lipinski definition) is 1. The molecule has 1 aromatic rings. The van der Waals surface area contributed by atoms with Gasteiger partial charge in [0.1, 0.15) is 0 Å². The zero-order valence-electron chi connectivity index (χ0n) is 9.52. The molecule has 1 N–H and O–H groups in total. The van der Waals surface area contributed by atoms with Crippen molar-refractivity contribution in [2.75, 3.05) is 31.2 Å². The largest absolute Gasteiger partial charge is 0.352 e. The third-order valence-electron chi connectivity index (χ3n) is 3.83. The maximum atomic E-state index is 4.47. The molecule has 2 aliphatic rings. The van der Waals surface area contributed by atoms with Gasteiger partial charge in [-0.05, 0) is 25.0 Å². The van der Waals surface area contributed by atoms with Crippen LogP contribution in [0.4, 0.5) is 5.69 Å². The molecule has 0 unspecified atom stereocenters. The zero-order valence-corrected chi connectivity index (χ0v) is 9.52. The van der Waals surface area contributed by atoms with Crippen molar-refractivity contribution in [1.29, 1.82) is 0 Å². The van der Waals surface area contributed by atoms with Crippen LogP contribution in [0.3, 0.4) is 0 Å². The normalized spacial score (nSPS) is 23.9. The minimum absolute atomic E-state index is 0.323. The molecular formula is C13H18N3. The molecule has 0 aromatic heterocycles. The second-order valence-electron chi connectivity index (χ2n) is 4.74. The Balaban J connectivity index is 1.89. The summed E-state index contributed by atoms with van der Waals surface area (Å²) in [7, 11) is 0. The van der Waals surface area contributed by atoms with E-state index in [2.05, 4.69) is 45.9 Å². The van der Waals surface area contributed by atoms with Crippen molar-refractivity contribution >= 4 is 5.69 Å². The summed E-state index contributed by atoms with van der Waals surface area (Å²) in [6.45, 7) is 4.12. The SMILES string of the molecule is c1ccc(N2CNCC23CC[N]CC3)cc1. The Morgan fingerprint density at radius 2 is 1.88 bits per heavy atom. The lowest BCUT2D eigenvalue weighted by molar-refractivity contribution is 0.323. The van der Waals surface area contributed by atoms with Crippen molar-refractivity contribution in [3.63, 3.8) is 0 Å². The first-order valence-corrected chi connectivity index (χ1v) is 6.07. The minimum atomic E-state index is 0.323. The highest BCUT2D eigenvalue weighted by atomic mass is 15.4. The Hall–Kier alpha value is -1.06. The minimum Gasteiger partial charge on any atom is -0.352 e. The fourth-order valence-corrected chi connectivity index (χ4v) is 2.89. The van der Waals surface area contributed by atoms with Gasteiger partial charge in [0, 0.05) is 25.3 Å². The Bertz CT molecular complexity index is 343. The van der Waals surface area contributed by atoms with Crippen molar-refractivity contribution in [1.82, 2.24) is 10.6 Å². The van der Waals surface area contributed by atoms with Crippen LogP contribution in [0, 0.1) is 0 Å². The predicted molar refractivity (Wildman–Crippen MR) is 65.6 cm³/mol. The van der Waals surface area contributed by atoms with E-state index < -0.39 is 0 Å².